The van der Waals surface area contributed by atoms with Crippen molar-refractivity contribution in [2.45, 2.75) is 32.2 Å². The van der Waals surface area contributed by atoms with E-state index in [1.165, 1.54) is 0 Å². The number of likely N-dealkylation sites (tertiary alicyclic amines) is 1. The fourth-order valence-corrected chi connectivity index (χ4v) is 4.17. The zero-order chi connectivity index (χ0) is 16.6. The largest absolute Gasteiger partial charge is 0.481 e. The molecule has 6 heteroatoms. The van der Waals surface area contributed by atoms with Crippen molar-refractivity contribution in [1.82, 2.24) is 10.2 Å². The minimum absolute atomic E-state index is 0.0914. The summed E-state index contributed by atoms with van der Waals surface area (Å²) in [7, 11) is 0. The summed E-state index contributed by atoms with van der Waals surface area (Å²) >= 11 is 3.40. The monoisotopic (exact) mass is 380 g/mol. The average molecular weight is 381 g/mol. The Kier molecular flexibility index (Phi) is 4.36. The van der Waals surface area contributed by atoms with Gasteiger partial charge >= 0.3 is 12.0 Å². The Hall–Kier alpha value is -1.56. The van der Waals surface area contributed by atoms with Gasteiger partial charge in [0, 0.05) is 17.6 Å². The smallest absolute Gasteiger partial charge is 0.317 e. The number of rotatable bonds is 3. The highest BCUT2D eigenvalue weighted by atomic mass is 79.9. The van der Waals surface area contributed by atoms with Crippen molar-refractivity contribution in [3.05, 3.63) is 34.3 Å². The number of halogens is 1. The number of amides is 2. The number of carbonyl (C=O) groups excluding carboxylic acids is 1. The number of benzene rings is 1. The molecule has 2 fully saturated rings. The molecule has 2 amide bonds. The van der Waals surface area contributed by atoms with Gasteiger partial charge in [-0.05, 0) is 43.4 Å². The highest BCUT2D eigenvalue weighted by Crippen LogP contribution is 2.48. The second-order valence-corrected chi connectivity index (χ2v) is 7.57. The molecule has 0 spiro atoms. The molecule has 1 aliphatic carbocycles. The summed E-state index contributed by atoms with van der Waals surface area (Å²) in [5.74, 6) is -0.662. The van der Waals surface area contributed by atoms with Crippen LogP contribution in [0.3, 0.4) is 0 Å². The molecule has 1 aliphatic heterocycles. The Morgan fingerprint density at radius 2 is 2.09 bits per heavy atom. The number of carbonyl (C=O) groups is 2. The zero-order valence-corrected chi connectivity index (χ0v) is 14.7. The predicted octanol–water partition coefficient (Wildman–Crippen LogP) is 3.41. The van der Waals surface area contributed by atoms with Crippen LogP contribution in [-0.2, 0) is 4.79 Å². The van der Waals surface area contributed by atoms with Gasteiger partial charge in [-0.3, -0.25) is 4.79 Å². The van der Waals surface area contributed by atoms with Crippen LogP contribution in [-0.4, -0.2) is 35.1 Å². The summed E-state index contributed by atoms with van der Waals surface area (Å²) in [5, 5.41) is 12.6. The lowest BCUT2D eigenvalue weighted by Gasteiger charge is -2.24. The number of urea groups is 1. The molecule has 124 valence electrons. The fraction of sp³-hybridized carbons (Fsp3) is 0.529. The second-order valence-electron chi connectivity index (χ2n) is 6.65. The van der Waals surface area contributed by atoms with E-state index in [1.54, 1.807) is 4.90 Å². The van der Waals surface area contributed by atoms with Crippen molar-refractivity contribution < 1.29 is 14.7 Å². The third-order valence-corrected chi connectivity index (χ3v) is 5.82. The lowest BCUT2D eigenvalue weighted by molar-refractivity contribution is -0.149. The van der Waals surface area contributed by atoms with Crippen LogP contribution in [0.4, 0.5) is 4.79 Å². The van der Waals surface area contributed by atoms with Crippen LogP contribution in [0, 0.1) is 11.3 Å². The first-order valence-electron chi connectivity index (χ1n) is 7.97. The van der Waals surface area contributed by atoms with Gasteiger partial charge in [0.2, 0.25) is 0 Å². The van der Waals surface area contributed by atoms with Crippen LogP contribution in [0.5, 0.6) is 0 Å². The molecule has 0 bridgehead atoms. The molecule has 3 atom stereocenters. The number of fused-ring (bicyclic) bond motifs is 1. The van der Waals surface area contributed by atoms with Crippen LogP contribution in [0.25, 0.3) is 0 Å². The predicted molar refractivity (Wildman–Crippen MR) is 90.1 cm³/mol. The first-order chi connectivity index (χ1) is 10.9. The zero-order valence-electron chi connectivity index (χ0n) is 13.1. The Labute approximate surface area is 144 Å². The van der Waals surface area contributed by atoms with E-state index in [-0.39, 0.29) is 18.0 Å². The van der Waals surface area contributed by atoms with Crippen LogP contribution >= 0.6 is 15.9 Å². The normalized spacial score (nSPS) is 27.6. The minimum atomic E-state index is -0.753. The van der Waals surface area contributed by atoms with E-state index in [0.29, 0.717) is 19.5 Å². The first-order valence-corrected chi connectivity index (χ1v) is 8.76. The summed E-state index contributed by atoms with van der Waals surface area (Å²) in [6.07, 6.45) is 2.53. The molecule has 3 rings (SSSR count). The van der Waals surface area contributed by atoms with Gasteiger partial charge in [-0.2, -0.15) is 0 Å². The van der Waals surface area contributed by atoms with Gasteiger partial charge in [0.25, 0.3) is 0 Å². The molecule has 2 N–H and O–H groups in total. The Morgan fingerprint density at radius 1 is 1.39 bits per heavy atom. The number of nitrogens with zero attached hydrogens (tertiary/aromatic N) is 1. The molecule has 1 saturated carbocycles. The molecule has 2 aliphatic rings. The standard InChI is InChI=1S/C17H21BrN2O3/c1-11(12-4-6-14(18)7-5-12)19-16(23)20-9-13-3-2-8-17(13,10-20)15(21)22/h4-7,11,13H,2-3,8-10H2,1H3,(H,19,23)(H,21,22)/t11-,13-,17+/m0/s1. The molecule has 0 radical (unpaired) electrons. The first kappa shape index (κ1) is 16.3. The lowest BCUT2D eigenvalue weighted by Crippen LogP contribution is -2.42. The van der Waals surface area contributed by atoms with E-state index in [1.807, 2.05) is 31.2 Å². The maximum absolute atomic E-state index is 12.5. The highest BCUT2D eigenvalue weighted by Gasteiger charge is 2.55. The molecule has 1 heterocycles. The fourth-order valence-electron chi connectivity index (χ4n) is 3.90. The van der Waals surface area contributed by atoms with Crippen LogP contribution in [0.2, 0.25) is 0 Å². The van der Waals surface area contributed by atoms with E-state index in [4.69, 9.17) is 0 Å². The number of carboxylic acids is 1. The van der Waals surface area contributed by atoms with Crippen molar-refractivity contribution in [1.29, 1.82) is 0 Å². The summed E-state index contributed by atoms with van der Waals surface area (Å²) in [6, 6.07) is 7.53. The Balaban J connectivity index is 1.65. The van der Waals surface area contributed by atoms with Crippen LogP contribution in [0.15, 0.2) is 28.7 Å². The second kappa shape index (κ2) is 6.15. The molecular formula is C17H21BrN2O3. The van der Waals surface area contributed by atoms with Crippen LogP contribution < -0.4 is 5.32 Å². The third kappa shape index (κ3) is 2.96. The summed E-state index contributed by atoms with van der Waals surface area (Å²) in [6.45, 7) is 2.81. The van der Waals surface area contributed by atoms with Crippen molar-refractivity contribution in [3.63, 3.8) is 0 Å². The highest BCUT2D eigenvalue weighted by molar-refractivity contribution is 9.10. The molecule has 23 heavy (non-hydrogen) atoms. The molecule has 5 nitrogen and oxygen atoms in total. The maximum Gasteiger partial charge on any atom is 0.317 e. The maximum atomic E-state index is 12.5. The molecule has 0 aromatic heterocycles. The van der Waals surface area contributed by atoms with Gasteiger partial charge in [0.15, 0.2) is 0 Å². The average Bonchev–Trinajstić information content (AvgIpc) is 3.05. The SMILES string of the molecule is C[C@H](NC(=O)N1C[C@@H]2CCC[C@@]2(C(=O)O)C1)c1ccc(Br)cc1. The molecule has 1 saturated heterocycles. The van der Waals surface area contributed by atoms with Crippen molar-refractivity contribution in [2.24, 2.45) is 11.3 Å². The quantitative estimate of drug-likeness (QED) is 0.843. The van der Waals surface area contributed by atoms with Crippen molar-refractivity contribution in [2.75, 3.05) is 13.1 Å². The number of nitrogens with one attached hydrogen (secondary N) is 1. The van der Waals surface area contributed by atoms with E-state index in [2.05, 4.69) is 21.2 Å². The van der Waals surface area contributed by atoms with Crippen molar-refractivity contribution in [3.8, 4) is 0 Å². The van der Waals surface area contributed by atoms with E-state index in [9.17, 15) is 14.7 Å². The third-order valence-electron chi connectivity index (χ3n) is 5.29. The number of hydrogen-bond donors (Lipinski definition) is 2. The number of hydrogen-bond acceptors (Lipinski definition) is 2. The molecule has 0 unspecified atom stereocenters. The van der Waals surface area contributed by atoms with Gasteiger partial charge in [0.1, 0.15) is 0 Å². The van der Waals surface area contributed by atoms with Gasteiger partial charge in [-0.1, -0.05) is 34.5 Å². The van der Waals surface area contributed by atoms with Gasteiger partial charge < -0.3 is 15.3 Å². The van der Waals surface area contributed by atoms with E-state index >= 15 is 0 Å². The minimum Gasteiger partial charge on any atom is -0.481 e. The Morgan fingerprint density at radius 3 is 2.70 bits per heavy atom. The van der Waals surface area contributed by atoms with Crippen LogP contribution in [0.1, 0.15) is 37.8 Å². The van der Waals surface area contributed by atoms with E-state index in [0.717, 1.165) is 22.9 Å². The number of aliphatic carboxylic acids is 1. The number of carboxylic acid groups (broad SMARTS) is 1. The lowest BCUT2D eigenvalue weighted by atomic mass is 9.81. The Bertz CT molecular complexity index is 619. The van der Waals surface area contributed by atoms with Gasteiger partial charge in [-0.15, -0.1) is 0 Å². The molecule has 1 aromatic carbocycles. The molecule has 1 aromatic rings. The van der Waals surface area contributed by atoms with E-state index < -0.39 is 11.4 Å². The van der Waals surface area contributed by atoms with Crippen molar-refractivity contribution >= 4 is 27.9 Å². The molecular weight excluding hydrogens is 360 g/mol. The van der Waals surface area contributed by atoms with Gasteiger partial charge in [0.05, 0.1) is 11.5 Å². The van der Waals surface area contributed by atoms with Gasteiger partial charge in [-0.25, -0.2) is 4.79 Å². The topological polar surface area (TPSA) is 69.6 Å². The summed E-state index contributed by atoms with van der Waals surface area (Å²) in [4.78, 5) is 25.9. The summed E-state index contributed by atoms with van der Waals surface area (Å²) < 4.78 is 0.996. The summed E-state index contributed by atoms with van der Waals surface area (Å²) in [5.41, 5.74) is 0.298.